The van der Waals surface area contributed by atoms with E-state index < -0.39 is 97.5 Å². The van der Waals surface area contributed by atoms with E-state index in [4.69, 9.17) is 37.0 Å². The SMILES string of the molecule is CCCCCC/C=C\C=C/CCCCCCCC(=O)OC[C@H](COP(=O)(O)OC[C@@H](O)COP(=O)(O)OC[C@@H](COC(=O)CCCCCCCCCCCC)OC(=O)CCCCCCCCC(C)CC)OC(=O)CCCCCCCCCCCCCCCCCCCCCCCC. The van der Waals surface area contributed by atoms with Crippen molar-refractivity contribution in [3.63, 3.8) is 0 Å². The van der Waals surface area contributed by atoms with Gasteiger partial charge in [-0.3, -0.25) is 37.3 Å². The topological polar surface area (TPSA) is 237 Å². The Kier molecular flexibility index (Phi) is 68.8. The van der Waals surface area contributed by atoms with Gasteiger partial charge >= 0.3 is 39.5 Å². The maximum atomic E-state index is 13.1. The van der Waals surface area contributed by atoms with Crippen molar-refractivity contribution in [2.24, 2.45) is 5.92 Å². The van der Waals surface area contributed by atoms with Crippen LogP contribution in [0.4, 0.5) is 0 Å². The second kappa shape index (κ2) is 70.6. The summed E-state index contributed by atoms with van der Waals surface area (Å²) in [6.07, 6.45) is 63.5. The summed E-state index contributed by atoms with van der Waals surface area (Å²) in [7, 11) is -9.92. The number of phosphoric acid groups is 2. The van der Waals surface area contributed by atoms with E-state index in [0.717, 1.165) is 115 Å². The van der Waals surface area contributed by atoms with E-state index in [1.807, 2.05) is 0 Å². The third kappa shape index (κ3) is 70.4. The standard InChI is InChI=1S/C78H148O17P2/c1-6-10-13-16-19-22-25-27-29-30-31-32-33-34-35-37-39-41-44-47-53-58-63-77(82)94-73(67-88-76(81)62-57-52-46-43-40-38-36-28-26-23-20-17-14-11-7-2)69-92-96(84,85)90-65-72(79)66-91-97(86,87)93-70-74(95-78(83)64-59-54-49-48-50-55-60-71(5)9-4)68-89-75(80)61-56-51-45-42-24-21-18-15-12-8-3/h23,26,28,36,71-74,79H,6-22,24-25,27,29-35,37-70H2,1-5H3,(H,84,85)(H,86,87)/b26-23-,36-28-/t71?,72-,73-,74-/m1/s1. The number of hydrogen-bond acceptors (Lipinski definition) is 15. The molecule has 0 spiro atoms. The van der Waals surface area contributed by atoms with Crippen molar-refractivity contribution in [1.82, 2.24) is 0 Å². The van der Waals surface area contributed by atoms with Crippen LogP contribution in [0.25, 0.3) is 0 Å². The highest BCUT2D eigenvalue weighted by Gasteiger charge is 2.30. The van der Waals surface area contributed by atoms with Gasteiger partial charge in [-0.25, -0.2) is 9.13 Å². The lowest BCUT2D eigenvalue weighted by Crippen LogP contribution is -2.30. The molecule has 0 saturated carbocycles. The molecule has 0 aliphatic rings. The lowest BCUT2D eigenvalue weighted by atomic mass is 10.00. The van der Waals surface area contributed by atoms with Crippen LogP contribution in [0.2, 0.25) is 0 Å². The molecule has 0 saturated heterocycles. The number of esters is 4. The average Bonchev–Trinajstić information content (AvgIpc) is 1.03. The minimum Gasteiger partial charge on any atom is -0.462 e. The number of carbonyl (C=O) groups excluding carboxylic acids is 4. The van der Waals surface area contributed by atoms with Gasteiger partial charge in [0, 0.05) is 25.7 Å². The second-order valence-electron chi connectivity index (χ2n) is 27.7. The summed E-state index contributed by atoms with van der Waals surface area (Å²) in [6.45, 7) is 7.17. The highest BCUT2D eigenvalue weighted by atomic mass is 31.2. The van der Waals surface area contributed by atoms with Crippen LogP contribution in [0, 0.1) is 5.92 Å². The molecule has 572 valence electrons. The molecule has 3 unspecified atom stereocenters. The van der Waals surface area contributed by atoms with Crippen LogP contribution >= 0.6 is 15.6 Å². The number of phosphoric ester groups is 2. The van der Waals surface area contributed by atoms with Gasteiger partial charge in [0.15, 0.2) is 12.2 Å². The Morgan fingerprint density at radius 3 is 0.876 bits per heavy atom. The van der Waals surface area contributed by atoms with Gasteiger partial charge < -0.3 is 33.8 Å². The quantitative estimate of drug-likeness (QED) is 0.0169. The predicted octanol–water partition coefficient (Wildman–Crippen LogP) is 22.8. The largest absolute Gasteiger partial charge is 0.472 e. The zero-order valence-corrected chi connectivity index (χ0v) is 64.5. The Bertz CT molecular complexity index is 1950. The number of ether oxygens (including phenoxy) is 4. The van der Waals surface area contributed by atoms with Crippen molar-refractivity contribution >= 4 is 39.5 Å². The predicted molar refractivity (Wildman–Crippen MR) is 395 cm³/mol. The summed E-state index contributed by atoms with van der Waals surface area (Å²) < 4.78 is 68.5. The van der Waals surface area contributed by atoms with Crippen molar-refractivity contribution in [2.75, 3.05) is 39.6 Å². The third-order valence-electron chi connectivity index (χ3n) is 18.0. The molecule has 17 nitrogen and oxygen atoms in total. The monoisotopic (exact) mass is 1420 g/mol. The number of unbranched alkanes of at least 4 members (excludes halogenated alkanes) is 44. The average molecular weight is 1420 g/mol. The Balaban J connectivity index is 5.21. The summed E-state index contributed by atoms with van der Waals surface area (Å²) in [4.78, 5) is 72.8. The molecule has 0 heterocycles. The first kappa shape index (κ1) is 94.5. The minimum absolute atomic E-state index is 0.101. The zero-order chi connectivity index (χ0) is 71.2. The van der Waals surface area contributed by atoms with Crippen molar-refractivity contribution in [3.8, 4) is 0 Å². The van der Waals surface area contributed by atoms with Crippen LogP contribution in [-0.2, 0) is 65.4 Å². The third-order valence-corrected chi connectivity index (χ3v) is 19.9. The Hall–Kier alpha value is -2.46. The molecule has 6 atom stereocenters. The van der Waals surface area contributed by atoms with E-state index in [1.54, 1.807) is 0 Å². The molecule has 0 rings (SSSR count). The van der Waals surface area contributed by atoms with E-state index in [0.29, 0.717) is 25.7 Å². The Morgan fingerprint density at radius 2 is 0.577 bits per heavy atom. The molecule has 0 aromatic rings. The lowest BCUT2D eigenvalue weighted by molar-refractivity contribution is -0.161. The molecule has 0 aromatic carbocycles. The van der Waals surface area contributed by atoms with E-state index in [9.17, 15) is 43.2 Å². The number of aliphatic hydroxyl groups is 1. The molecular weight excluding hydrogens is 1270 g/mol. The van der Waals surface area contributed by atoms with Crippen LogP contribution < -0.4 is 0 Å². The van der Waals surface area contributed by atoms with Gasteiger partial charge in [-0.05, 0) is 57.3 Å². The van der Waals surface area contributed by atoms with Gasteiger partial charge in [-0.2, -0.15) is 0 Å². The Labute approximate surface area is 592 Å². The molecule has 97 heavy (non-hydrogen) atoms. The smallest absolute Gasteiger partial charge is 0.462 e. The van der Waals surface area contributed by atoms with Crippen LogP contribution in [0.15, 0.2) is 24.3 Å². The lowest BCUT2D eigenvalue weighted by Gasteiger charge is -2.21. The van der Waals surface area contributed by atoms with E-state index in [1.165, 1.54) is 193 Å². The molecule has 19 heteroatoms. The number of hydrogen-bond donors (Lipinski definition) is 3. The maximum Gasteiger partial charge on any atom is 0.472 e. The molecule has 3 N–H and O–H groups in total. The van der Waals surface area contributed by atoms with Crippen molar-refractivity contribution in [3.05, 3.63) is 24.3 Å². The molecule has 0 amide bonds. The molecule has 0 bridgehead atoms. The van der Waals surface area contributed by atoms with Crippen molar-refractivity contribution in [1.29, 1.82) is 0 Å². The number of allylic oxidation sites excluding steroid dienone is 4. The summed E-state index contributed by atoms with van der Waals surface area (Å²) in [6, 6.07) is 0. The van der Waals surface area contributed by atoms with E-state index >= 15 is 0 Å². The molecular formula is C78H148O17P2. The van der Waals surface area contributed by atoms with Crippen molar-refractivity contribution < 1.29 is 80.2 Å². The maximum absolute atomic E-state index is 13.1. The highest BCUT2D eigenvalue weighted by Crippen LogP contribution is 2.45. The molecule has 0 fully saturated rings. The van der Waals surface area contributed by atoms with Crippen molar-refractivity contribution in [2.45, 2.75) is 406 Å². The van der Waals surface area contributed by atoms with Crippen LogP contribution in [0.3, 0.4) is 0 Å². The minimum atomic E-state index is -4.97. The summed E-state index contributed by atoms with van der Waals surface area (Å²) >= 11 is 0. The second-order valence-corrected chi connectivity index (χ2v) is 30.6. The zero-order valence-electron chi connectivity index (χ0n) is 62.7. The van der Waals surface area contributed by atoms with Gasteiger partial charge in [0.1, 0.15) is 19.3 Å². The summed E-state index contributed by atoms with van der Waals surface area (Å²) in [5.41, 5.74) is 0. The van der Waals surface area contributed by atoms with Gasteiger partial charge in [0.2, 0.25) is 0 Å². The van der Waals surface area contributed by atoms with E-state index in [2.05, 4.69) is 58.9 Å². The fourth-order valence-electron chi connectivity index (χ4n) is 11.5. The van der Waals surface area contributed by atoms with E-state index in [-0.39, 0.29) is 25.7 Å². The van der Waals surface area contributed by atoms with Crippen LogP contribution in [-0.4, -0.2) is 96.7 Å². The first-order valence-corrected chi connectivity index (χ1v) is 43.0. The highest BCUT2D eigenvalue weighted by molar-refractivity contribution is 7.47. The number of rotatable bonds is 76. The van der Waals surface area contributed by atoms with Gasteiger partial charge in [0.05, 0.1) is 26.4 Å². The summed E-state index contributed by atoms with van der Waals surface area (Å²) in [5, 5.41) is 10.6. The first-order chi connectivity index (χ1) is 47.1. The van der Waals surface area contributed by atoms with Gasteiger partial charge in [0.25, 0.3) is 0 Å². The van der Waals surface area contributed by atoms with Gasteiger partial charge in [-0.1, -0.05) is 335 Å². The molecule has 0 radical (unpaired) electrons. The molecule has 0 aromatic heterocycles. The summed E-state index contributed by atoms with van der Waals surface area (Å²) in [5.74, 6) is -1.43. The normalized spacial score (nSPS) is 14.4. The van der Waals surface area contributed by atoms with Gasteiger partial charge in [-0.15, -0.1) is 0 Å². The Morgan fingerprint density at radius 1 is 0.330 bits per heavy atom. The number of carbonyl (C=O) groups is 4. The molecule has 0 aliphatic heterocycles. The first-order valence-electron chi connectivity index (χ1n) is 40.0. The fourth-order valence-corrected chi connectivity index (χ4v) is 13.1. The van der Waals surface area contributed by atoms with Crippen LogP contribution in [0.5, 0.6) is 0 Å². The molecule has 0 aliphatic carbocycles. The number of aliphatic hydroxyl groups excluding tert-OH is 1. The fraction of sp³-hybridized carbons (Fsp3) is 0.897. The van der Waals surface area contributed by atoms with Crippen LogP contribution in [0.1, 0.15) is 388 Å².